The molecule has 0 aliphatic carbocycles. The summed E-state index contributed by atoms with van der Waals surface area (Å²) in [4.78, 5) is 26.2. The minimum Gasteiger partial charge on any atom is -0.474 e. The van der Waals surface area contributed by atoms with E-state index in [1.165, 1.54) is 6.07 Å². The SMILES string of the molecule is CC1(C)Oc2ccc(Nc3nc(Nc4ccc(N5CCOCC5CO)c(F)c4)ncc3F)nc2NC1=O. The van der Waals surface area contributed by atoms with Crippen LogP contribution in [0.1, 0.15) is 13.8 Å². The number of carbonyl (C=O) groups is 1. The molecule has 0 radical (unpaired) electrons. The summed E-state index contributed by atoms with van der Waals surface area (Å²) >= 11 is 0. The number of hydrogen-bond donors (Lipinski definition) is 4. The predicted molar refractivity (Wildman–Crippen MR) is 132 cm³/mol. The van der Waals surface area contributed by atoms with Crippen molar-refractivity contribution in [2.24, 2.45) is 0 Å². The van der Waals surface area contributed by atoms with Crippen LogP contribution in [0.5, 0.6) is 5.75 Å². The van der Waals surface area contributed by atoms with Gasteiger partial charge in [-0.3, -0.25) is 4.79 Å². The Hall–Kier alpha value is -4.10. The first-order valence-electron chi connectivity index (χ1n) is 11.6. The molecule has 194 valence electrons. The minimum atomic E-state index is -1.04. The van der Waals surface area contributed by atoms with Gasteiger partial charge in [0, 0.05) is 12.2 Å². The Balaban J connectivity index is 1.32. The Morgan fingerprint density at radius 1 is 1.19 bits per heavy atom. The molecule has 0 saturated carbocycles. The number of halogens is 2. The Labute approximate surface area is 210 Å². The third-order valence-corrected chi connectivity index (χ3v) is 5.94. The Bertz CT molecular complexity index is 1340. The van der Waals surface area contributed by atoms with Crippen LogP contribution in [0.25, 0.3) is 0 Å². The molecule has 2 aliphatic rings. The largest absolute Gasteiger partial charge is 0.474 e. The zero-order chi connectivity index (χ0) is 26.2. The number of pyridine rings is 1. The monoisotopic (exact) mass is 513 g/mol. The van der Waals surface area contributed by atoms with Gasteiger partial charge in [-0.25, -0.2) is 18.7 Å². The predicted octanol–water partition coefficient (Wildman–Crippen LogP) is 2.94. The number of carbonyl (C=O) groups excluding carboxylic acids is 1. The standard InChI is InChI=1S/C24H25F2N7O4/c1-24(2)22(35)31-21-18(37-24)5-6-19(30-21)29-20-16(26)10-27-23(32-20)28-13-3-4-17(15(25)9-13)33-7-8-36-12-14(33)11-34/h3-6,9-10,14,34H,7-8,11-12H2,1-2H3,(H3,27,28,29,30,31,32,35). The van der Waals surface area contributed by atoms with Crippen LogP contribution in [-0.2, 0) is 9.53 Å². The van der Waals surface area contributed by atoms with Gasteiger partial charge >= 0.3 is 0 Å². The van der Waals surface area contributed by atoms with E-state index in [2.05, 4.69) is 30.9 Å². The van der Waals surface area contributed by atoms with E-state index >= 15 is 0 Å². The molecule has 11 nitrogen and oxygen atoms in total. The second kappa shape index (κ2) is 9.75. The lowest BCUT2D eigenvalue weighted by atomic mass is 10.1. The average Bonchev–Trinajstić information content (AvgIpc) is 2.87. The summed E-state index contributed by atoms with van der Waals surface area (Å²) in [6, 6.07) is 7.32. The lowest BCUT2D eigenvalue weighted by Gasteiger charge is -2.36. The first kappa shape index (κ1) is 24.6. The van der Waals surface area contributed by atoms with E-state index in [-0.39, 0.29) is 42.0 Å². The number of amides is 1. The van der Waals surface area contributed by atoms with Gasteiger partial charge in [-0.1, -0.05) is 0 Å². The van der Waals surface area contributed by atoms with E-state index in [4.69, 9.17) is 9.47 Å². The van der Waals surface area contributed by atoms with Crippen molar-refractivity contribution < 1.29 is 28.2 Å². The maximum atomic E-state index is 14.9. The Morgan fingerprint density at radius 3 is 2.81 bits per heavy atom. The van der Waals surface area contributed by atoms with Gasteiger partial charge in [0.2, 0.25) is 5.95 Å². The highest BCUT2D eigenvalue weighted by Gasteiger charge is 2.36. The number of nitrogens with zero attached hydrogens (tertiary/aromatic N) is 4. The summed E-state index contributed by atoms with van der Waals surface area (Å²) in [5.74, 6) is -0.966. The van der Waals surface area contributed by atoms with Gasteiger partial charge in [0.05, 0.1) is 37.7 Å². The summed E-state index contributed by atoms with van der Waals surface area (Å²) in [6.45, 7) is 4.31. The smallest absolute Gasteiger partial charge is 0.269 e. The molecule has 2 aliphatic heterocycles. The Kier molecular flexibility index (Phi) is 6.48. The number of hydrogen-bond acceptors (Lipinski definition) is 10. The molecule has 0 bridgehead atoms. The summed E-state index contributed by atoms with van der Waals surface area (Å²) in [6.07, 6.45) is 0.966. The van der Waals surface area contributed by atoms with Crippen molar-refractivity contribution in [2.45, 2.75) is 25.5 Å². The molecule has 1 aromatic carbocycles. The number of benzene rings is 1. The minimum absolute atomic E-state index is 0.0204. The van der Waals surface area contributed by atoms with Crippen LogP contribution >= 0.6 is 0 Å². The van der Waals surface area contributed by atoms with Crippen molar-refractivity contribution in [2.75, 3.05) is 47.2 Å². The second-order valence-electron chi connectivity index (χ2n) is 9.02. The van der Waals surface area contributed by atoms with Crippen LogP contribution in [0.15, 0.2) is 36.5 Å². The molecule has 4 N–H and O–H groups in total. The lowest BCUT2D eigenvalue weighted by molar-refractivity contribution is -0.129. The van der Waals surface area contributed by atoms with Crippen molar-refractivity contribution in [3.8, 4) is 5.75 Å². The van der Waals surface area contributed by atoms with Gasteiger partial charge in [-0.15, -0.1) is 0 Å². The zero-order valence-corrected chi connectivity index (χ0v) is 20.1. The molecule has 0 spiro atoms. The van der Waals surface area contributed by atoms with Crippen LogP contribution in [0.2, 0.25) is 0 Å². The van der Waals surface area contributed by atoms with E-state index in [1.807, 2.05) is 0 Å². The fourth-order valence-corrected chi connectivity index (χ4v) is 3.97. The van der Waals surface area contributed by atoms with Gasteiger partial charge in [0.15, 0.2) is 28.8 Å². The maximum Gasteiger partial charge on any atom is 0.269 e. The van der Waals surface area contributed by atoms with Gasteiger partial charge in [-0.2, -0.15) is 4.98 Å². The first-order valence-corrected chi connectivity index (χ1v) is 11.6. The average molecular weight is 514 g/mol. The molecule has 1 saturated heterocycles. The van der Waals surface area contributed by atoms with Crippen LogP contribution in [0.3, 0.4) is 0 Å². The van der Waals surface area contributed by atoms with Crippen molar-refractivity contribution in [3.05, 3.63) is 48.2 Å². The fourth-order valence-electron chi connectivity index (χ4n) is 3.97. The third kappa shape index (κ3) is 5.08. The number of fused-ring (bicyclic) bond motifs is 1. The van der Waals surface area contributed by atoms with Gasteiger partial charge in [0.25, 0.3) is 5.91 Å². The fraction of sp³-hybridized carbons (Fsp3) is 0.333. The highest BCUT2D eigenvalue weighted by molar-refractivity contribution is 5.99. The van der Waals surface area contributed by atoms with Gasteiger partial charge in [-0.05, 0) is 44.2 Å². The highest BCUT2D eigenvalue weighted by Crippen LogP contribution is 2.34. The normalized spacial score (nSPS) is 18.5. The van der Waals surface area contributed by atoms with E-state index in [0.29, 0.717) is 36.9 Å². The number of anilines is 6. The maximum absolute atomic E-state index is 14.9. The number of aromatic nitrogens is 3. The molecule has 1 fully saturated rings. The van der Waals surface area contributed by atoms with Crippen LogP contribution in [0, 0.1) is 11.6 Å². The van der Waals surface area contributed by atoms with E-state index in [9.17, 15) is 18.7 Å². The number of nitrogens with one attached hydrogen (secondary N) is 3. The third-order valence-electron chi connectivity index (χ3n) is 5.94. The van der Waals surface area contributed by atoms with E-state index in [0.717, 1.165) is 6.20 Å². The number of aliphatic hydroxyl groups excluding tert-OH is 1. The summed E-state index contributed by atoms with van der Waals surface area (Å²) in [5.41, 5.74) is -0.348. The molecule has 4 heterocycles. The molecule has 13 heteroatoms. The summed E-state index contributed by atoms with van der Waals surface area (Å²) in [7, 11) is 0. The molecule has 3 aromatic rings. The topological polar surface area (TPSA) is 134 Å². The molecular weight excluding hydrogens is 488 g/mol. The lowest BCUT2D eigenvalue weighted by Crippen LogP contribution is -2.48. The van der Waals surface area contributed by atoms with Gasteiger partial charge in [0.1, 0.15) is 11.6 Å². The molecule has 1 amide bonds. The molecular formula is C24H25F2N7O4. The second-order valence-corrected chi connectivity index (χ2v) is 9.02. The van der Waals surface area contributed by atoms with E-state index < -0.39 is 17.2 Å². The highest BCUT2D eigenvalue weighted by atomic mass is 19.1. The van der Waals surface area contributed by atoms with Crippen LogP contribution in [0.4, 0.5) is 43.6 Å². The van der Waals surface area contributed by atoms with Crippen molar-refractivity contribution in [3.63, 3.8) is 0 Å². The zero-order valence-electron chi connectivity index (χ0n) is 20.1. The quantitative estimate of drug-likeness (QED) is 0.390. The van der Waals surface area contributed by atoms with Crippen molar-refractivity contribution in [1.29, 1.82) is 0 Å². The van der Waals surface area contributed by atoms with Crippen LogP contribution < -0.4 is 25.6 Å². The summed E-state index contributed by atoms with van der Waals surface area (Å²) < 4.78 is 40.4. The van der Waals surface area contributed by atoms with Crippen molar-refractivity contribution in [1.82, 2.24) is 15.0 Å². The molecule has 1 atom stereocenters. The van der Waals surface area contributed by atoms with Crippen LogP contribution in [-0.4, -0.2) is 64.0 Å². The molecule has 1 unspecified atom stereocenters. The van der Waals surface area contributed by atoms with E-state index in [1.54, 1.807) is 43.0 Å². The molecule has 2 aromatic heterocycles. The summed E-state index contributed by atoms with van der Waals surface area (Å²) in [5, 5.41) is 17.8. The number of rotatable bonds is 6. The number of morpholine rings is 1. The number of ether oxygens (including phenoxy) is 2. The number of aliphatic hydroxyl groups is 1. The van der Waals surface area contributed by atoms with Crippen molar-refractivity contribution >= 4 is 40.7 Å². The first-order chi connectivity index (χ1) is 17.7. The Morgan fingerprint density at radius 2 is 2.03 bits per heavy atom. The molecule has 37 heavy (non-hydrogen) atoms. The molecule has 5 rings (SSSR count). The van der Waals surface area contributed by atoms with Gasteiger partial charge < -0.3 is 35.4 Å².